The molecular formula is C11H22N2O2. The summed E-state index contributed by atoms with van der Waals surface area (Å²) in [6.07, 6.45) is 0.939. The van der Waals surface area contributed by atoms with Crippen molar-refractivity contribution in [1.29, 1.82) is 0 Å². The molecule has 4 nitrogen and oxygen atoms in total. The molecule has 2 N–H and O–H groups in total. The Hall–Kier alpha value is -0.610. The van der Waals surface area contributed by atoms with E-state index in [1.807, 2.05) is 13.8 Å². The molecule has 1 saturated heterocycles. The molecule has 0 aromatic carbocycles. The summed E-state index contributed by atoms with van der Waals surface area (Å²) in [4.78, 5) is 11.8. The molecule has 3 unspecified atom stereocenters. The van der Waals surface area contributed by atoms with E-state index in [1.54, 1.807) is 0 Å². The van der Waals surface area contributed by atoms with Gasteiger partial charge in [-0.05, 0) is 33.7 Å². The van der Waals surface area contributed by atoms with Crippen molar-refractivity contribution >= 4 is 5.91 Å². The van der Waals surface area contributed by atoms with Crippen LogP contribution in [0, 0.1) is 5.92 Å². The maximum Gasteiger partial charge on any atom is 0.225 e. The summed E-state index contributed by atoms with van der Waals surface area (Å²) >= 11 is 0. The lowest BCUT2D eigenvalue weighted by Gasteiger charge is -2.19. The molecule has 1 aliphatic rings. The lowest BCUT2D eigenvalue weighted by atomic mass is 10.0. The van der Waals surface area contributed by atoms with E-state index in [-0.39, 0.29) is 17.9 Å². The minimum atomic E-state index is 0.102. The summed E-state index contributed by atoms with van der Waals surface area (Å²) in [5.74, 6) is 0.272. The minimum absolute atomic E-state index is 0.102. The summed E-state index contributed by atoms with van der Waals surface area (Å²) in [5.41, 5.74) is 0. The van der Waals surface area contributed by atoms with Crippen molar-refractivity contribution in [2.24, 2.45) is 5.92 Å². The topological polar surface area (TPSA) is 50.4 Å². The molecule has 0 aromatic heterocycles. The van der Waals surface area contributed by atoms with Crippen LogP contribution in [0.1, 0.15) is 27.2 Å². The summed E-state index contributed by atoms with van der Waals surface area (Å²) < 4.78 is 5.26. The highest BCUT2D eigenvalue weighted by atomic mass is 16.5. The van der Waals surface area contributed by atoms with E-state index in [1.165, 1.54) is 0 Å². The fourth-order valence-electron chi connectivity index (χ4n) is 1.90. The Balaban J connectivity index is 2.28. The van der Waals surface area contributed by atoms with Crippen LogP contribution in [0.4, 0.5) is 0 Å². The Kier molecular flexibility index (Phi) is 5.05. The standard InChI is InChI=1S/C11H22N2O2/c1-4-15-7-8(2)13-11(14)10-5-6-12-9(10)3/h8-10,12H,4-7H2,1-3H3,(H,13,14). The average Bonchev–Trinajstić information content (AvgIpc) is 2.61. The number of carbonyl (C=O) groups is 1. The Morgan fingerprint density at radius 1 is 1.67 bits per heavy atom. The lowest BCUT2D eigenvalue weighted by molar-refractivity contribution is -0.126. The lowest BCUT2D eigenvalue weighted by Crippen LogP contribution is -2.42. The number of amides is 1. The van der Waals surface area contributed by atoms with Gasteiger partial charge in [0.1, 0.15) is 0 Å². The molecule has 1 amide bonds. The summed E-state index contributed by atoms with van der Waals surface area (Å²) in [5, 5.41) is 6.26. The second-order valence-corrected chi connectivity index (χ2v) is 4.21. The Morgan fingerprint density at radius 3 is 2.93 bits per heavy atom. The van der Waals surface area contributed by atoms with Crippen LogP contribution in [0.2, 0.25) is 0 Å². The highest BCUT2D eigenvalue weighted by molar-refractivity contribution is 5.80. The molecule has 4 heteroatoms. The van der Waals surface area contributed by atoms with Crippen LogP contribution in [0.5, 0.6) is 0 Å². The number of hydrogen-bond donors (Lipinski definition) is 2. The van der Waals surface area contributed by atoms with Crippen molar-refractivity contribution in [1.82, 2.24) is 10.6 Å². The smallest absolute Gasteiger partial charge is 0.225 e. The number of ether oxygens (including phenoxy) is 1. The predicted octanol–water partition coefficient (Wildman–Crippen LogP) is 0.526. The zero-order valence-corrected chi connectivity index (χ0v) is 9.88. The van der Waals surface area contributed by atoms with Gasteiger partial charge in [-0.25, -0.2) is 0 Å². The molecule has 1 heterocycles. The zero-order chi connectivity index (χ0) is 11.3. The SMILES string of the molecule is CCOCC(C)NC(=O)C1CCNC1C. The van der Waals surface area contributed by atoms with E-state index >= 15 is 0 Å². The van der Waals surface area contributed by atoms with Crippen LogP contribution < -0.4 is 10.6 Å². The van der Waals surface area contributed by atoms with E-state index in [4.69, 9.17) is 4.74 Å². The fourth-order valence-corrected chi connectivity index (χ4v) is 1.90. The van der Waals surface area contributed by atoms with Gasteiger partial charge < -0.3 is 15.4 Å². The molecule has 3 atom stereocenters. The van der Waals surface area contributed by atoms with Gasteiger partial charge in [-0.15, -0.1) is 0 Å². The third kappa shape index (κ3) is 3.80. The highest BCUT2D eigenvalue weighted by Gasteiger charge is 2.29. The van der Waals surface area contributed by atoms with E-state index < -0.39 is 0 Å². The number of carbonyl (C=O) groups excluding carboxylic acids is 1. The Bertz CT molecular complexity index is 209. The molecule has 1 fully saturated rings. The molecule has 0 spiro atoms. The number of nitrogens with one attached hydrogen (secondary N) is 2. The van der Waals surface area contributed by atoms with Gasteiger partial charge in [-0.2, -0.15) is 0 Å². The van der Waals surface area contributed by atoms with Crippen molar-refractivity contribution in [3.63, 3.8) is 0 Å². The van der Waals surface area contributed by atoms with Gasteiger partial charge in [0.15, 0.2) is 0 Å². The molecule has 0 radical (unpaired) electrons. The first-order chi connectivity index (χ1) is 7.15. The summed E-state index contributed by atoms with van der Waals surface area (Å²) in [6, 6.07) is 0.398. The third-order valence-corrected chi connectivity index (χ3v) is 2.82. The van der Waals surface area contributed by atoms with Crippen LogP contribution in [0.15, 0.2) is 0 Å². The molecule has 1 rings (SSSR count). The first-order valence-corrected chi connectivity index (χ1v) is 5.76. The van der Waals surface area contributed by atoms with Crippen molar-refractivity contribution in [3.05, 3.63) is 0 Å². The molecule has 0 aromatic rings. The van der Waals surface area contributed by atoms with Gasteiger partial charge in [-0.3, -0.25) is 4.79 Å². The largest absolute Gasteiger partial charge is 0.380 e. The first kappa shape index (κ1) is 12.5. The van der Waals surface area contributed by atoms with Crippen LogP contribution in [-0.4, -0.2) is 37.7 Å². The summed E-state index contributed by atoms with van der Waals surface area (Å²) in [6.45, 7) is 8.22. The first-order valence-electron chi connectivity index (χ1n) is 5.76. The van der Waals surface area contributed by atoms with Crippen LogP contribution in [-0.2, 0) is 9.53 Å². The second-order valence-electron chi connectivity index (χ2n) is 4.21. The minimum Gasteiger partial charge on any atom is -0.380 e. The maximum absolute atomic E-state index is 11.8. The Labute approximate surface area is 91.8 Å². The Morgan fingerprint density at radius 2 is 2.40 bits per heavy atom. The average molecular weight is 214 g/mol. The van der Waals surface area contributed by atoms with E-state index in [0.717, 1.165) is 13.0 Å². The van der Waals surface area contributed by atoms with Gasteiger partial charge in [-0.1, -0.05) is 0 Å². The molecule has 0 bridgehead atoms. The quantitative estimate of drug-likeness (QED) is 0.701. The van der Waals surface area contributed by atoms with Crippen molar-refractivity contribution < 1.29 is 9.53 Å². The van der Waals surface area contributed by atoms with Gasteiger partial charge in [0, 0.05) is 18.7 Å². The van der Waals surface area contributed by atoms with E-state index in [2.05, 4.69) is 17.6 Å². The van der Waals surface area contributed by atoms with Gasteiger partial charge in [0.05, 0.1) is 12.5 Å². The van der Waals surface area contributed by atoms with Crippen molar-refractivity contribution in [2.45, 2.75) is 39.3 Å². The predicted molar refractivity (Wildman–Crippen MR) is 59.7 cm³/mol. The van der Waals surface area contributed by atoms with Crippen molar-refractivity contribution in [2.75, 3.05) is 19.8 Å². The molecule has 0 aliphatic carbocycles. The molecule has 1 aliphatic heterocycles. The van der Waals surface area contributed by atoms with Crippen molar-refractivity contribution in [3.8, 4) is 0 Å². The van der Waals surface area contributed by atoms with Gasteiger partial charge in [0.25, 0.3) is 0 Å². The zero-order valence-electron chi connectivity index (χ0n) is 9.88. The van der Waals surface area contributed by atoms with Crippen LogP contribution >= 0.6 is 0 Å². The van der Waals surface area contributed by atoms with Crippen LogP contribution in [0.3, 0.4) is 0 Å². The molecule has 15 heavy (non-hydrogen) atoms. The normalized spacial score (nSPS) is 27.7. The van der Waals surface area contributed by atoms with E-state index in [9.17, 15) is 4.79 Å². The van der Waals surface area contributed by atoms with Gasteiger partial charge >= 0.3 is 0 Å². The molecule has 0 saturated carbocycles. The number of hydrogen-bond acceptors (Lipinski definition) is 3. The fraction of sp³-hybridized carbons (Fsp3) is 0.909. The summed E-state index contributed by atoms with van der Waals surface area (Å²) in [7, 11) is 0. The second kappa shape index (κ2) is 6.08. The third-order valence-electron chi connectivity index (χ3n) is 2.82. The maximum atomic E-state index is 11.8. The number of rotatable bonds is 5. The highest BCUT2D eigenvalue weighted by Crippen LogP contribution is 2.15. The monoisotopic (exact) mass is 214 g/mol. The van der Waals surface area contributed by atoms with E-state index in [0.29, 0.717) is 19.3 Å². The molecule has 88 valence electrons. The molecular weight excluding hydrogens is 192 g/mol. The van der Waals surface area contributed by atoms with Crippen LogP contribution in [0.25, 0.3) is 0 Å². The van der Waals surface area contributed by atoms with Gasteiger partial charge in [0.2, 0.25) is 5.91 Å².